The summed E-state index contributed by atoms with van der Waals surface area (Å²) < 4.78 is 30.7. The summed E-state index contributed by atoms with van der Waals surface area (Å²) in [4.78, 5) is 15.9. The first-order valence-corrected chi connectivity index (χ1v) is 9.00. The molecule has 1 aromatic heterocycles. The molecule has 0 aliphatic rings. The second-order valence-corrected chi connectivity index (χ2v) is 7.30. The summed E-state index contributed by atoms with van der Waals surface area (Å²) >= 11 is 0. The number of benzene rings is 1. The third-order valence-electron chi connectivity index (χ3n) is 3.43. The molecule has 0 amide bonds. The molecule has 6 nitrogen and oxygen atoms in total. The summed E-state index contributed by atoms with van der Waals surface area (Å²) in [6.07, 6.45) is 4.87. The molecule has 2 rings (SSSR count). The van der Waals surface area contributed by atoms with Crippen molar-refractivity contribution in [3.05, 3.63) is 60.4 Å². The maximum absolute atomic E-state index is 12.3. The molecule has 128 valence electrons. The third-order valence-corrected chi connectivity index (χ3v) is 5.24. The molecule has 24 heavy (non-hydrogen) atoms. The minimum Gasteiger partial charge on any atom is -0.465 e. The number of nitrogens with zero attached hydrogens (tertiary/aromatic N) is 2. The van der Waals surface area contributed by atoms with E-state index in [9.17, 15) is 13.2 Å². The largest absolute Gasteiger partial charge is 0.465 e. The molecule has 0 aliphatic heterocycles. The van der Waals surface area contributed by atoms with E-state index < -0.39 is 16.0 Å². The van der Waals surface area contributed by atoms with Crippen LogP contribution in [0.15, 0.2) is 59.8 Å². The lowest BCUT2D eigenvalue weighted by Gasteiger charge is -2.16. The Labute approximate surface area is 142 Å². The summed E-state index contributed by atoms with van der Waals surface area (Å²) in [6, 6.07) is 11.8. The van der Waals surface area contributed by atoms with E-state index in [-0.39, 0.29) is 18.0 Å². The van der Waals surface area contributed by atoms with Gasteiger partial charge in [-0.15, -0.1) is 0 Å². The van der Waals surface area contributed by atoms with Gasteiger partial charge >= 0.3 is 5.97 Å². The highest BCUT2D eigenvalue weighted by molar-refractivity contribution is 7.89. The van der Waals surface area contributed by atoms with Gasteiger partial charge in [-0.3, -0.25) is 9.78 Å². The van der Waals surface area contributed by atoms with E-state index in [1.165, 1.54) is 19.2 Å². The van der Waals surface area contributed by atoms with Crippen LogP contribution in [-0.4, -0.2) is 43.9 Å². The predicted octanol–water partition coefficient (Wildman–Crippen LogP) is 1.88. The predicted molar refractivity (Wildman–Crippen MR) is 89.8 cm³/mol. The van der Waals surface area contributed by atoms with Gasteiger partial charge in [-0.2, -0.15) is 4.31 Å². The molecule has 0 saturated heterocycles. The van der Waals surface area contributed by atoms with E-state index in [4.69, 9.17) is 4.74 Å². The first-order valence-electron chi connectivity index (χ1n) is 7.56. The number of esters is 1. The lowest BCUT2D eigenvalue weighted by molar-refractivity contribution is -0.143. The van der Waals surface area contributed by atoms with Gasteiger partial charge in [0.05, 0.1) is 11.5 Å². The van der Waals surface area contributed by atoms with Crippen molar-refractivity contribution in [3.8, 4) is 0 Å². The maximum atomic E-state index is 12.3. The summed E-state index contributed by atoms with van der Waals surface area (Å²) in [5.41, 5.74) is 1.12. The number of rotatable bonds is 8. The van der Waals surface area contributed by atoms with Crippen molar-refractivity contribution in [1.82, 2.24) is 9.29 Å². The Morgan fingerprint density at radius 3 is 2.46 bits per heavy atom. The SMILES string of the molecule is CN(CC(=O)OCCCc1ccncc1)S(=O)(=O)c1ccccc1. The van der Waals surface area contributed by atoms with Crippen molar-refractivity contribution in [1.29, 1.82) is 0 Å². The number of aryl methyl sites for hydroxylation is 1. The zero-order valence-corrected chi connectivity index (χ0v) is 14.3. The molecule has 0 N–H and O–H groups in total. The van der Waals surface area contributed by atoms with Gasteiger partial charge in [0.25, 0.3) is 0 Å². The molecule has 0 unspecified atom stereocenters. The van der Waals surface area contributed by atoms with Gasteiger partial charge in [-0.05, 0) is 42.7 Å². The molecule has 1 aromatic carbocycles. The van der Waals surface area contributed by atoms with Gasteiger partial charge in [0, 0.05) is 19.4 Å². The van der Waals surface area contributed by atoms with E-state index in [1.54, 1.807) is 30.6 Å². The lowest BCUT2D eigenvalue weighted by Crippen LogP contribution is -2.33. The fourth-order valence-corrected chi connectivity index (χ4v) is 3.23. The molecule has 0 aliphatic carbocycles. The van der Waals surface area contributed by atoms with Crippen molar-refractivity contribution < 1.29 is 17.9 Å². The molecule has 7 heteroatoms. The number of hydrogen-bond donors (Lipinski definition) is 0. The fraction of sp³-hybridized carbons (Fsp3) is 0.294. The Morgan fingerprint density at radius 1 is 1.12 bits per heavy atom. The third kappa shape index (κ3) is 5.14. The van der Waals surface area contributed by atoms with Crippen LogP contribution in [0.2, 0.25) is 0 Å². The van der Waals surface area contributed by atoms with Crippen molar-refractivity contribution in [3.63, 3.8) is 0 Å². The van der Waals surface area contributed by atoms with E-state index in [2.05, 4.69) is 4.98 Å². The first kappa shape index (κ1) is 18.1. The first-order chi connectivity index (χ1) is 11.5. The van der Waals surface area contributed by atoms with Crippen molar-refractivity contribution >= 4 is 16.0 Å². The van der Waals surface area contributed by atoms with Crippen LogP contribution in [0.1, 0.15) is 12.0 Å². The van der Waals surface area contributed by atoms with Crippen LogP contribution in [0.4, 0.5) is 0 Å². The number of pyridine rings is 1. The highest BCUT2D eigenvalue weighted by atomic mass is 32.2. The van der Waals surface area contributed by atoms with E-state index in [0.29, 0.717) is 6.42 Å². The zero-order chi connectivity index (χ0) is 17.4. The number of sulfonamides is 1. The number of hydrogen-bond acceptors (Lipinski definition) is 5. The van der Waals surface area contributed by atoms with Crippen molar-refractivity contribution in [2.45, 2.75) is 17.7 Å². The molecule has 2 aromatic rings. The average Bonchev–Trinajstić information content (AvgIpc) is 2.60. The fourth-order valence-electron chi connectivity index (χ4n) is 2.10. The summed E-state index contributed by atoms with van der Waals surface area (Å²) in [5.74, 6) is -0.563. The van der Waals surface area contributed by atoms with Crippen LogP contribution in [0.3, 0.4) is 0 Å². The Balaban J connectivity index is 1.77. The molecule has 0 saturated carbocycles. The van der Waals surface area contributed by atoms with Gasteiger partial charge in [0.2, 0.25) is 10.0 Å². The number of likely N-dealkylation sites (N-methyl/N-ethyl adjacent to an activating group) is 1. The van der Waals surface area contributed by atoms with Crippen molar-refractivity contribution in [2.75, 3.05) is 20.2 Å². The molecular formula is C17H20N2O4S. The summed E-state index contributed by atoms with van der Waals surface area (Å²) in [6.45, 7) is -0.0626. The van der Waals surface area contributed by atoms with Gasteiger partial charge in [0.1, 0.15) is 6.54 Å². The van der Waals surface area contributed by atoms with Gasteiger partial charge in [-0.25, -0.2) is 8.42 Å². The molecule has 0 radical (unpaired) electrons. The van der Waals surface area contributed by atoms with E-state index >= 15 is 0 Å². The zero-order valence-electron chi connectivity index (χ0n) is 13.5. The van der Waals surface area contributed by atoms with Crippen LogP contribution in [0, 0.1) is 0 Å². The Bertz CT molecular complexity index is 749. The standard InChI is InChI=1S/C17H20N2O4S/c1-19(24(21,22)16-7-3-2-4-8-16)14-17(20)23-13-5-6-15-9-11-18-12-10-15/h2-4,7-12H,5-6,13-14H2,1H3. The molecular weight excluding hydrogens is 328 g/mol. The van der Waals surface area contributed by atoms with Crippen LogP contribution < -0.4 is 0 Å². The molecule has 0 fully saturated rings. The van der Waals surface area contributed by atoms with E-state index in [0.717, 1.165) is 16.3 Å². The van der Waals surface area contributed by atoms with Crippen LogP contribution >= 0.6 is 0 Å². The minimum absolute atomic E-state index is 0.151. The lowest BCUT2D eigenvalue weighted by atomic mass is 10.1. The molecule has 0 spiro atoms. The average molecular weight is 348 g/mol. The van der Waals surface area contributed by atoms with E-state index in [1.807, 2.05) is 12.1 Å². The molecule has 0 bridgehead atoms. The van der Waals surface area contributed by atoms with Gasteiger partial charge in [-0.1, -0.05) is 18.2 Å². The number of carbonyl (C=O) groups excluding carboxylic acids is 1. The van der Waals surface area contributed by atoms with Crippen LogP contribution in [0.5, 0.6) is 0 Å². The topological polar surface area (TPSA) is 76.6 Å². The highest BCUT2D eigenvalue weighted by Crippen LogP contribution is 2.13. The number of aromatic nitrogens is 1. The summed E-state index contributed by atoms with van der Waals surface area (Å²) in [5, 5.41) is 0. The second kappa shape index (κ2) is 8.56. The molecule has 0 atom stereocenters. The Kier molecular flexibility index (Phi) is 6.45. The number of carbonyl (C=O) groups is 1. The monoisotopic (exact) mass is 348 g/mol. The second-order valence-electron chi connectivity index (χ2n) is 5.25. The number of ether oxygens (including phenoxy) is 1. The Hall–Kier alpha value is -2.25. The minimum atomic E-state index is -3.68. The Morgan fingerprint density at radius 2 is 1.79 bits per heavy atom. The normalized spacial score (nSPS) is 11.4. The van der Waals surface area contributed by atoms with Crippen LogP contribution in [0.25, 0.3) is 0 Å². The maximum Gasteiger partial charge on any atom is 0.321 e. The van der Waals surface area contributed by atoms with Gasteiger partial charge in [0.15, 0.2) is 0 Å². The van der Waals surface area contributed by atoms with Crippen molar-refractivity contribution in [2.24, 2.45) is 0 Å². The highest BCUT2D eigenvalue weighted by Gasteiger charge is 2.23. The molecule has 1 heterocycles. The summed E-state index contributed by atoms with van der Waals surface area (Å²) in [7, 11) is -2.32. The van der Waals surface area contributed by atoms with Crippen LogP contribution in [-0.2, 0) is 26.0 Å². The quantitative estimate of drug-likeness (QED) is 0.538. The van der Waals surface area contributed by atoms with Gasteiger partial charge < -0.3 is 4.74 Å². The smallest absolute Gasteiger partial charge is 0.321 e.